The summed E-state index contributed by atoms with van der Waals surface area (Å²) in [6.07, 6.45) is 0. The summed E-state index contributed by atoms with van der Waals surface area (Å²) in [5.41, 5.74) is 2.43. The molecule has 9 heteroatoms. The van der Waals surface area contributed by atoms with Gasteiger partial charge in [-0.1, -0.05) is 18.2 Å². The molecule has 0 saturated carbocycles. The van der Waals surface area contributed by atoms with Crippen molar-refractivity contribution in [2.75, 3.05) is 31.6 Å². The Bertz CT molecular complexity index is 1140. The fourth-order valence-corrected chi connectivity index (χ4v) is 3.58. The number of nitrogens with zero attached hydrogens (tertiary/aromatic N) is 2. The monoisotopic (exact) mass is 451 g/mol. The zero-order valence-electron chi connectivity index (χ0n) is 18.3. The van der Waals surface area contributed by atoms with Crippen LogP contribution in [-0.2, 0) is 17.9 Å². The van der Waals surface area contributed by atoms with Crippen LogP contribution in [-0.4, -0.2) is 42.0 Å². The minimum atomic E-state index is -0.490. The normalized spacial score (nSPS) is 14.1. The average molecular weight is 451 g/mol. The van der Waals surface area contributed by atoms with Crippen LogP contribution in [0.5, 0.6) is 5.75 Å². The van der Waals surface area contributed by atoms with Crippen LogP contribution in [0.25, 0.3) is 0 Å². The maximum atomic E-state index is 12.6. The summed E-state index contributed by atoms with van der Waals surface area (Å²) in [5, 5.41) is 14.1. The Balaban J connectivity index is 1.35. The van der Waals surface area contributed by atoms with Crippen LogP contribution in [0.15, 0.2) is 59.0 Å². The Morgan fingerprint density at radius 2 is 1.97 bits per heavy atom. The first-order valence-electron chi connectivity index (χ1n) is 10.6. The number of nitrogens with one attached hydrogen (secondary N) is 1. The van der Waals surface area contributed by atoms with Gasteiger partial charge in [-0.25, -0.2) is 0 Å². The highest BCUT2D eigenvalue weighted by molar-refractivity contribution is 6.02. The van der Waals surface area contributed by atoms with Crippen LogP contribution in [0.1, 0.15) is 27.4 Å². The van der Waals surface area contributed by atoms with E-state index in [2.05, 4.69) is 10.2 Å². The van der Waals surface area contributed by atoms with Gasteiger partial charge in [0.15, 0.2) is 11.5 Å². The van der Waals surface area contributed by atoms with Crippen LogP contribution in [0.4, 0.5) is 11.4 Å². The van der Waals surface area contributed by atoms with E-state index in [-0.39, 0.29) is 29.7 Å². The number of hydrogen-bond acceptors (Lipinski definition) is 7. The Morgan fingerprint density at radius 1 is 1.15 bits per heavy atom. The summed E-state index contributed by atoms with van der Waals surface area (Å²) in [7, 11) is 0. The molecular formula is C24H25N3O6. The van der Waals surface area contributed by atoms with Crippen molar-refractivity contribution in [2.24, 2.45) is 0 Å². The summed E-state index contributed by atoms with van der Waals surface area (Å²) in [5.74, 6) is 0.276. The molecule has 0 spiro atoms. The number of nitro benzene ring substituents is 1. The number of aryl methyl sites for hydroxylation is 1. The standard InChI is InChI=1S/C24H25N3O6/c1-17-5-7-22(21(13-17)27(29)30)32-16-20-6-8-23(33-20)24(28)25-19-4-2-3-18(14-19)15-26-9-11-31-12-10-26/h2-8,13-14H,9-12,15-16H2,1H3,(H,25,28). The van der Waals surface area contributed by atoms with Crippen LogP contribution in [0, 0.1) is 17.0 Å². The number of anilines is 1. The third-order valence-corrected chi connectivity index (χ3v) is 5.26. The van der Waals surface area contributed by atoms with Crippen LogP contribution < -0.4 is 10.1 Å². The van der Waals surface area contributed by atoms with Gasteiger partial charge in [0.1, 0.15) is 12.4 Å². The third-order valence-electron chi connectivity index (χ3n) is 5.26. The first kappa shape index (κ1) is 22.5. The van der Waals surface area contributed by atoms with Gasteiger partial charge in [0, 0.05) is 31.4 Å². The smallest absolute Gasteiger partial charge is 0.311 e. The predicted octanol–water partition coefficient (Wildman–Crippen LogP) is 4.16. The minimum Gasteiger partial charge on any atom is -0.479 e. The summed E-state index contributed by atoms with van der Waals surface area (Å²) >= 11 is 0. The number of furan rings is 1. The van der Waals surface area contributed by atoms with E-state index in [9.17, 15) is 14.9 Å². The second kappa shape index (κ2) is 10.3. The zero-order valence-corrected chi connectivity index (χ0v) is 18.3. The highest BCUT2D eigenvalue weighted by Gasteiger charge is 2.17. The first-order chi connectivity index (χ1) is 16.0. The molecule has 0 atom stereocenters. The van der Waals surface area contributed by atoms with Crippen molar-refractivity contribution in [3.63, 3.8) is 0 Å². The summed E-state index contributed by atoms with van der Waals surface area (Å²) in [4.78, 5) is 25.7. The van der Waals surface area contributed by atoms with E-state index < -0.39 is 4.92 Å². The molecule has 172 valence electrons. The third kappa shape index (κ3) is 5.97. The number of morpholine rings is 1. The van der Waals surface area contributed by atoms with Gasteiger partial charge in [-0.15, -0.1) is 0 Å². The lowest BCUT2D eigenvalue weighted by molar-refractivity contribution is -0.386. The minimum absolute atomic E-state index is 0.0355. The Kier molecular flexibility index (Phi) is 7.01. The van der Waals surface area contributed by atoms with Gasteiger partial charge < -0.3 is 19.2 Å². The lowest BCUT2D eigenvalue weighted by Gasteiger charge is -2.26. The highest BCUT2D eigenvalue weighted by Crippen LogP contribution is 2.28. The van der Waals surface area contributed by atoms with Gasteiger partial charge >= 0.3 is 5.69 Å². The van der Waals surface area contributed by atoms with E-state index in [0.717, 1.165) is 44.0 Å². The van der Waals surface area contributed by atoms with E-state index in [1.807, 2.05) is 24.3 Å². The van der Waals surface area contributed by atoms with Crippen molar-refractivity contribution in [3.05, 3.63) is 87.4 Å². The van der Waals surface area contributed by atoms with Crippen LogP contribution in [0.3, 0.4) is 0 Å². The topological polar surface area (TPSA) is 107 Å². The first-order valence-corrected chi connectivity index (χ1v) is 10.6. The van der Waals surface area contributed by atoms with Crippen molar-refractivity contribution in [3.8, 4) is 5.75 Å². The molecule has 4 rings (SSSR count). The van der Waals surface area contributed by atoms with Crippen molar-refractivity contribution < 1.29 is 23.6 Å². The summed E-state index contributed by atoms with van der Waals surface area (Å²) in [6.45, 7) is 5.77. The Hall–Kier alpha value is -3.69. The second-order valence-corrected chi connectivity index (χ2v) is 7.83. The van der Waals surface area contributed by atoms with Gasteiger partial charge in [0.25, 0.3) is 5.91 Å². The molecule has 2 heterocycles. The molecule has 33 heavy (non-hydrogen) atoms. The number of ether oxygens (including phenoxy) is 2. The molecule has 3 aromatic rings. The maximum Gasteiger partial charge on any atom is 0.311 e. The molecule has 1 saturated heterocycles. The van der Waals surface area contributed by atoms with Crippen molar-refractivity contribution >= 4 is 17.3 Å². The lowest BCUT2D eigenvalue weighted by atomic mass is 10.2. The molecule has 0 bridgehead atoms. The molecule has 9 nitrogen and oxygen atoms in total. The van der Waals surface area contributed by atoms with Crippen LogP contribution in [0.2, 0.25) is 0 Å². The van der Waals surface area contributed by atoms with E-state index in [1.54, 1.807) is 31.2 Å². The van der Waals surface area contributed by atoms with E-state index >= 15 is 0 Å². The van der Waals surface area contributed by atoms with Gasteiger partial charge in [-0.05, 0) is 48.4 Å². The van der Waals surface area contributed by atoms with Crippen molar-refractivity contribution in [1.29, 1.82) is 0 Å². The van der Waals surface area contributed by atoms with Gasteiger partial charge in [-0.2, -0.15) is 0 Å². The maximum absolute atomic E-state index is 12.6. The average Bonchev–Trinajstić information content (AvgIpc) is 3.28. The van der Waals surface area contributed by atoms with Crippen molar-refractivity contribution in [1.82, 2.24) is 4.90 Å². The van der Waals surface area contributed by atoms with Gasteiger partial charge in [0.2, 0.25) is 0 Å². The predicted molar refractivity (Wildman–Crippen MR) is 121 cm³/mol. The van der Waals surface area contributed by atoms with Gasteiger partial charge in [-0.3, -0.25) is 19.8 Å². The summed E-state index contributed by atoms with van der Waals surface area (Å²) < 4.78 is 16.5. The van der Waals surface area contributed by atoms with E-state index in [1.165, 1.54) is 6.07 Å². The summed E-state index contributed by atoms with van der Waals surface area (Å²) in [6, 6.07) is 15.6. The number of benzene rings is 2. The number of carbonyl (C=O) groups is 1. The highest BCUT2D eigenvalue weighted by atomic mass is 16.6. The molecule has 0 unspecified atom stereocenters. The number of carbonyl (C=O) groups excluding carboxylic acids is 1. The quantitative estimate of drug-likeness (QED) is 0.405. The zero-order chi connectivity index (χ0) is 23.2. The number of rotatable bonds is 8. The fraction of sp³-hybridized carbons (Fsp3) is 0.292. The molecule has 1 fully saturated rings. The molecule has 1 N–H and O–H groups in total. The Morgan fingerprint density at radius 3 is 2.76 bits per heavy atom. The SMILES string of the molecule is Cc1ccc(OCc2ccc(C(=O)Nc3cccc(CN4CCOCC4)c3)o2)c([N+](=O)[O-])c1. The largest absolute Gasteiger partial charge is 0.479 e. The number of amides is 1. The molecule has 2 aromatic carbocycles. The number of nitro groups is 1. The number of hydrogen-bond donors (Lipinski definition) is 1. The van der Waals surface area contributed by atoms with Crippen LogP contribution >= 0.6 is 0 Å². The molecule has 0 radical (unpaired) electrons. The van der Waals surface area contributed by atoms with Gasteiger partial charge in [0.05, 0.1) is 18.1 Å². The molecule has 1 aliphatic rings. The Labute approximate surface area is 191 Å². The molecule has 1 aromatic heterocycles. The lowest BCUT2D eigenvalue weighted by Crippen LogP contribution is -2.35. The molecular weight excluding hydrogens is 426 g/mol. The fourth-order valence-electron chi connectivity index (χ4n) is 3.58. The van der Waals surface area contributed by atoms with Crippen molar-refractivity contribution in [2.45, 2.75) is 20.1 Å². The van der Waals surface area contributed by atoms with E-state index in [0.29, 0.717) is 11.4 Å². The van der Waals surface area contributed by atoms with E-state index in [4.69, 9.17) is 13.9 Å². The molecule has 1 amide bonds. The molecule has 0 aliphatic carbocycles. The second-order valence-electron chi connectivity index (χ2n) is 7.83. The molecule has 1 aliphatic heterocycles.